The average Bonchev–Trinajstić information content (AvgIpc) is 1.59. The Hall–Kier alpha value is -11.1. The molecule has 1 fully saturated rings. The summed E-state index contributed by atoms with van der Waals surface area (Å²) in [5.41, 5.74) is 40.3. The summed E-state index contributed by atoms with van der Waals surface area (Å²) in [4.78, 5) is 0. The Morgan fingerprint density at radius 1 is 0.440 bits per heavy atom. The van der Waals surface area contributed by atoms with Gasteiger partial charge in [-0.2, -0.15) is 10.2 Å². The highest BCUT2D eigenvalue weighted by Crippen LogP contribution is 2.35. The number of nitrogens with two attached hydrogens (primary N) is 5. The number of hydrogen-bond acceptors (Lipinski definition) is 25. The molecule has 9 heterocycles. The van der Waals surface area contributed by atoms with E-state index in [0.29, 0.717) is 117 Å². The van der Waals surface area contributed by atoms with Crippen molar-refractivity contribution in [3.8, 4) is 34.5 Å². The minimum absolute atomic E-state index is 0.0251. The number of piperidine rings is 1. The van der Waals surface area contributed by atoms with Gasteiger partial charge in [-0.15, -0.1) is 22.0 Å². The van der Waals surface area contributed by atoms with E-state index in [2.05, 4.69) is 37.5 Å². The quantitative estimate of drug-likeness (QED) is 0.0659. The van der Waals surface area contributed by atoms with Gasteiger partial charge in [0.15, 0.2) is 0 Å². The summed E-state index contributed by atoms with van der Waals surface area (Å²) < 4.78 is 177. The van der Waals surface area contributed by atoms with Gasteiger partial charge in [-0.3, -0.25) is 9.36 Å². The molecule has 0 amide bonds. The van der Waals surface area contributed by atoms with Gasteiger partial charge in [0, 0.05) is 25.4 Å². The molecule has 6 aliphatic heterocycles. The summed E-state index contributed by atoms with van der Waals surface area (Å²) in [7, 11) is -12.4. The van der Waals surface area contributed by atoms with E-state index >= 15 is 0 Å². The number of fused-ring (bicyclic) bond motifs is 5. The third-order valence-corrected chi connectivity index (χ3v) is 23.1. The lowest BCUT2D eigenvalue weighted by Crippen LogP contribution is -2.31. The summed E-state index contributed by atoms with van der Waals surface area (Å²) in [6.07, 6.45) is 3.80. The Labute approximate surface area is 631 Å². The molecular weight excluding hydrogens is 1510 g/mol. The SMILES string of the molecule is COc1cccc(COc2cccc3c2C(N)=NS(=O)(=O)C3)c1.Cc1cc(COc2cccc3c2C(N)=NS(=O)(=O)C3)co1.Cc1cc(COc2cccc3c2C(N)=NS(=O)(=O)C3)n(C)n1.Cc1cc(COc2cccc3c2C(N)=NS(=O)(=O)C3)nn1C.NC1=NS(=O)(=O)Cc2cccc(OCC3CCNCC3)c21. The molecule has 6 aromatic carbocycles. The van der Waals surface area contributed by atoms with Crippen LogP contribution in [0.3, 0.4) is 0 Å². The molecule has 9 aromatic rings. The molecular formula is C72H81N15O17S5. The zero-order chi connectivity index (χ0) is 78.2. The van der Waals surface area contributed by atoms with Crippen molar-refractivity contribution in [1.29, 1.82) is 0 Å². The van der Waals surface area contributed by atoms with E-state index in [0.717, 1.165) is 71.3 Å². The number of nitrogens with one attached hydrogen (secondary N) is 1. The van der Waals surface area contributed by atoms with Crippen LogP contribution < -0.4 is 62.4 Å². The summed E-state index contributed by atoms with van der Waals surface area (Å²) in [6.45, 7) is 9.58. The van der Waals surface area contributed by atoms with Crippen molar-refractivity contribution in [3.63, 3.8) is 0 Å². The molecule has 109 heavy (non-hydrogen) atoms. The van der Waals surface area contributed by atoms with E-state index in [4.69, 9.17) is 61.5 Å². The average molecular weight is 1590 g/mol. The normalized spacial score (nSPS) is 17.0. The fourth-order valence-corrected chi connectivity index (χ4v) is 17.8. The Kier molecular flexibility index (Phi) is 24.0. The van der Waals surface area contributed by atoms with Gasteiger partial charge < -0.3 is 66.8 Å². The van der Waals surface area contributed by atoms with Gasteiger partial charge >= 0.3 is 0 Å². The lowest BCUT2D eigenvalue weighted by molar-refractivity contribution is 0.215. The molecule has 0 spiro atoms. The zero-order valence-corrected chi connectivity index (χ0v) is 64.2. The highest BCUT2D eigenvalue weighted by molar-refractivity contribution is 7.90. The summed E-state index contributed by atoms with van der Waals surface area (Å²) in [5.74, 6) is 3.88. The lowest BCUT2D eigenvalue weighted by atomic mass is 9.99. The molecule has 37 heteroatoms. The predicted molar refractivity (Wildman–Crippen MR) is 410 cm³/mol. The Balaban J connectivity index is 0.000000135. The third kappa shape index (κ3) is 20.4. The Morgan fingerprint density at radius 3 is 1.17 bits per heavy atom. The van der Waals surface area contributed by atoms with E-state index in [1.807, 2.05) is 83.4 Å². The second kappa shape index (κ2) is 33.2. The first-order chi connectivity index (χ1) is 51.7. The Morgan fingerprint density at radius 2 is 0.817 bits per heavy atom. The monoisotopic (exact) mass is 1590 g/mol. The smallest absolute Gasteiger partial charge is 0.259 e. The largest absolute Gasteiger partial charge is 0.497 e. The van der Waals surface area contributed by atoms with Crippen LogP contribution in [0.4, 0.5) is 0 Å². The molecule has 0 saturated carbocycles. The van der Waals surface area contributed by atoms with Crippen LogP contribution in [0.5, 0.6) is 34.5 Å². The maximum atomic E-state index is 11.7. The lowest BCUT2D eigenvalue weighted by Gasteiger charge is -2.24. The van der Waals surface area contributed by atoms with Crippen LogP contribution in [-0.2, 0) is 119 Å². The van der Waals surface area contributed by atoms with Crippen molar-refractivity contribution in [3.05, 3.63) is 235 Å². The molecule has 576 valence electrons. The van der Waals surface area contributed by atoms with Crippen molar-refractivity contribution in [1.82, 2.24) is 24.9 Å². The highest BCUT2D eigenvalue weighted by Gasteiger charge is 2.31. The van der Waals surface area contributed by atoms with Crippen LogP contribution in [-0.4, -0.2) is 118 Å². The minimum Gasteiger partial charge on any atom is -0.497 e. The number of ether oxygens (including phenoxy) is 6. The molecule has 3 aromatic heterocycles. The van der Waals surface area contributed by atoms with Gasteiger partial charge in [-0.25, -0.2) is 42.1 Å². The topological polar surface area (TPSA) is 479 Å². The number of methoxy groups -OCH3 is 1. The molecule has 0 unspecified atom stereocenters. The molecule has 11 N–H and O–H groups in total. The minimum atomic E-state index is -3.55. The first kappa shape index (κ1) is 78.9. The molecule has 0 aliphatic carbocycles. The summed E-state index contributed by atoms with van der Waals surface area (Å²) in [6, 6.07) is 39.4. The van der Waals surface area contributed by atoms with Crippen LogP contribution in [0.15, 0.2) is 166 Å². The highest BCUT2D eigenvalue weighted by atomic mass is 32.2. The van der Waals surface area contributed by atoms with Crippen LogP contribution >= 0.6 is 0 Å². The Bertz CT molecular complexity index is 5690. The van der Waals surface area contributed by atoms with Crippen molar-refractivity contribution in [2.75, 3.05) is 26.8 Å². The first-order valence-corrected chi connectivity index (χ1v) is 41.8. The van der Waals surface area contributed by atoms with E-state index < -0.39 is 50.1 Å². The van der Waals surface area contributed by atoms with Gasteiger partial charge in [0.05, 0.1) is 87.9 Å². The molecule has 6 aliphatic rings. The van der Waals surface area contributed by atoms with Crippen LogP contribution in [0.25, 0.3) is 0 Å². The molecule has 0 radical (unpaired) electrons. The van der Waals surface area contributed by atoms with Crippen molar-refractivity contribution >= 4 is 79.3 Å². The van der Waals surface area contributed by atoms with Crippen molar-refractivity contribution in [2.24, 2.45) is 70.7 Å². The fourth-order valence-electron chi connectivity index (χ4n) is 12.4. The van der Waals surface area contributed by atoms with Crippen molar-refractivity contribution < 1.29 is 74.9 Å². The van der Waals surface area contributed by atoms with E-state index in [1.165, 1.54) is 0 Å². The van der Waals surface area contributed by atoms with Gasteiger partial charge in [0.1, 0.15) is 102 Å². The maximum Gasteiger partial charge on any atom is 0.259 e. The number of aryl methyl sites for hydroxylation is 5. The summed E-state index contributed by atoms with van der Waals surface area (Å²) >= 11 is 0. The number of hydrogen-bond donors (Lipinski definition) is 6. The van der Waals surface area contributed by atoms with Crippen LogP contribution in [0.1, 0.15) is 108 Å². The predicted octanol–water partition coefficient (Wildman–Crippen LogP) is 5.86. The molecule has 1 saturated heterocycles. The van der Waals surface area contributed by atoms with Gasteiger partial charge in [-0.1, -0.05) is 72.8 Å². The molecule has 32 nitrogen and oxygen atoms in total. The standard InChI is InChI=1S/C16H16N2O4S.2C14H16N4O3S.C14H19N3O3S.C14H14N2O4S/c1-21-13-6-2-4-11(8-13)9-22-14-7-3-5-12-10-23(19,20)18-16(17)15(12)14;1-9-6-11(16-18(9)2)7-21-12-5-3-4-10-8-22(19,20)17-14(15)13(10)12;1-9-6-11(18(2)16-9)7-21-12-5-3-4-10-8-22(19,20)17-14(15)13(10)12;15-14-13-11(9-21(18,19)17-14)2-1-3-12(13)20-8-10-4-6-16-7-5-10;1-9-5-10(6-19-9)7-20-12-4-2-3-11-8-21(17,18)16-14(15)13(11)12/h2-8H,9-10H2,1H3,(H2,17,18);2*3-6H,7-8H2,1-2H3,(H2,15,17);1-3,10,16H,4-9H2,(H2,15,17);2-6H,7-8H2,1H3,(H2,15,16). The van der Waals surface area contributed by atoms with Gasteiger partial charge in [0.2, 0.25) is 0 Å². The third-order valence-electron chi connectivity index (χ3n) is 17.4. The number of rotatable bonds is 16. The maximum absolute atomic E-state index is 11.7. The molecule has 0 atom stereocenters. The molecule has 15 rings (SSSR count). The number of sulfonamides is 5. The van der Waals surface area contributed by atoms with E-state index in [-0.39, 0.29) is 64.5 Å². The van der Waals surface area contributed by atoms with E-state index in [1.54, 1.807) is 108 Å². The fraction of sp³-hybridized carbons (Fsp3) is 0.292. The number of nitrogens with zero attached hydrogens (tertiary/aromatic N) is 9. The van der Waals surface area contributed by atoms with Crippen LogP contribution in [0.2, 0.25) is 0 Å². The van der Waals surface area contributed by atoms with Gasteiger partial charge in [0.25, 0.3) is 50.1 Å². The number of benzene rings is 6. The molecule has 0 bridgehead atoms. The second-order valence-electron chi connectivity index (χ2n) is 25.8. The number of furan rings is 1. The first-order valence-electron chi connectivity index (χ1n) is 33.7. The number of aromatic nitrogens is 4. The zero-order valence-electron chi connectivity index (χ0n) is 60.1. The van der Waals surface area contributed by atoms with E-state index in [9.17, 15) is 42.1 Å². The van der Waals surface area contributed by atoms with Crippen molar-refractivity contribution in [2.45, 2.75) is 88.8 Å². The van der Waals surface area contributed by atoms with Crippen LogP contribution in [0, 0.1) is 26.7 Å². The second-order valence-corrected chi connectivity index (χ2v) is 34.0. The van der Waals surface area contributed by atoms with Gasteiger partial charge in [-0.05, 0) is 147 Å². The summed E-state index contributed by atoms with van der Waals surface area (Å²) in [5, 5.41) is 11.9. The number of amidine groups is 5.